The first-order valence-corrected chi connectivity index (χ1v) is 11.2. The van der Waals surface area contributed by atoms with E-state index in [9.17, 15) is 22.7 Å². The van der Waals surface area contributed by atoms with Crippen LogP contribution < -0.4 is 4.74 Å². The van der Waals surface area contributed by atoms with Crippen molar-refractivity contribution < 1.29 is 27.4 Å². The molecule has 1 amide bonds. The minimum absolute atomic E-state index is 0.0250. The van der Waals surface area contributed by atoms with E-state index in [2.05, 4.69) is 0 Å². The maximum Gasteiger partial charge on any atom is 0.290 e. The molecule has 1 N–H and O–H groups in total. The lowest BCUT2D eigenvalue weighted by Crippen LogP contribution is -2.31. The van der Waals surface area contributed by atoms with E-state index >= 15 is 0 Å². The molecule has 0 unspecified atom stereocenters. The Morgan fingerprint density at radius 1 is 0.969 bits per heavy atom. The molecule has 0 fully saturated rings. The second kappa shape index (κ2) is 8.47. The van der Waals surface area contributed by atoms with Crippen LogP contribution >= 0.6 is 0 Å². The third-order valence-electron chi connectivity index (χ3n) is 5.32. The maximum absolute atomic E-state index is 13.6. The van der Waals surface area contributed by atoms with E-state index in [0.29, 0.717) is 16.9 Å². The third kappa shape index (κ3) is 3.73. The number of aliphatic hydroxyl groups excluding tert-OH is 1. The van der Waals surface area contributed by atoms with E-state index in [1.165, 1.54) is 48.4 Å². The first-order valence-electron chi connectivity index (χ1n) is 9.76. The molecule has 1 aliphatic rings. The molecule has 3 aromatic carbocycles. The molecule has 1 atom stereocenters. The first-order chi connectivity index (χ1) is 15.3. The third-order valence-corrected chi connectivity index (χ3v) is 7.21. The summed E-state index contributed by atoms with van der Waals surface area (Å²) in [6, 6.07) is 18.6. The molecule has 32 heavy (non-hydrogen) atoms. The lowest BCUT2D eigenvalue weighted by Gasteiger charge is -2.27. The van der Waals surface area contributed by atoms with Crippen LogP contribution in [-0.4, -0.2) is 31.4 Å². The van der Waals surface area contributed by atoms with Crippen LogP contribution in [0.1, 0.15) is 17.2 Å². The molecule has 4 rings (SSSR count). The van der Waals surface area contributed by atoms with Crippen molar-refractivity contribution in [3.8, 4) is 5.75 Å². The van der Waals surface area contributed by atoms with E-state index < -0.39 is 38.3 Å². The van der Waals surface area contributed by atoms with Gasteiger partial charge in [0.25, 0.3) is 5.91 Å². The van der Waals surface area contributed by atoms with Crippen LogP contribution in [0.2, 0.25) is 0 Å². The SMILES string of the molecule is COc1ccccc1CN1C(=O)C(O)=C(S(=O)(=O)c2ccccc2)[C@H]1c1ccc(F)cc1. The van der Waals surface area contributed by atoms with Crippen LogP contribution in [0, 0.1) is 5.82 Å². The fraction of sp³-hybridized carbons (Fsp3) is 0.125. The summed E-state index contributed by atoms with van der Waals surface area (Å²) < 4.78 is 45.9. The molecule has 0 saturated heterocycles. The average molecular weight is 453 g/mol. The second-order valence-corrected chi connectivity index (χ2v) is 9.15. The summed E-state index contributed by atoms with van der Waals surface area (Å²) in [4.78, 5) is 13.8. The number of benzene rings is 3. The Kier molecular flexibility index (Phi) is 5.71. The van der Waals surface area contributed by atoms with Crippen molar-refractivity contribution in [3.05, 3.63) is 106 Å². The normalized spacial score (nSPS) is 16.5. The predicted molar refractivity (Wildman–Crippen MR) is 116 cm³/mol. The lowest BCUT2D eigenvalue weighted by atomic mass is 10.1. The van der Waals surface area contributed by atoms with Gasteiger partial charge in [-0.2, -0.15) is 0 Å². The molecule has 0 spiro atoms. The van der Waals surface area contributed by atoms with E-state index in [4.69, 9.17) is 4.74 Å². The van der Waals surface area contributed by atoms with Gasteiger partial charge in [-0.05, 0) is 35.9 Å². The Bertz CT molecular complexity index is 1290. The number of carbonyl (C=O) groups is 1. The van der Waals surface area contributed by atoms with E-state index in [0.717, 1.165) is 0 Å². The van der Waals surface area contributed by atoms with E-state index in [1.54, 1.807) is 42.5 Å². The highest BCUT2D eigenvalue weighted by molar-refractivity contribution is 7.95. The number of aliphatic hydroxyl groups is 1. The number of amides is 1. The van der Waals surface area contributed by atoms with Crippen molar-refractivity contribution in [1.29, 1.82) is 0 Å². The molecule has 164 valence electrons. The smallest absolute Gasteiger partial charge is 0.290 e. The summed E-state index contributed by atoms with van der Waals surface area (Å²) in [6.07, 6.45) is 0. The van der Waals surface area contributed by atoms with Crippen LogP contribution in [0.4, 0.5) is 4.39 Å². The molecule has 1 aliphatic heterocycles. The molecule has 0 aliphatic carbocycles. The van der Waals surface area contributed by atoms with Crippen molar-refractivity contribution in [2.24, 2.45) is 0 Å². The summed E-state index contributed by atoms with van der Waals surface area (Å²) >= 11 is 0. The summed E-state index contributed by atoms with van der Waals surface area (Å²) in [7, 11) is -2.74. The molecule has 0 radical (unpaired) electrons. The highest BCUT2D eigenvalue weighted by atomic mass is 32.2. The minimum Gasteiger partial charge on any atom is -0.502 e. The van der Waals surface area contributed by atoms with Crippen LogP contribution in [0.15, 0.2) is 94.4 Å². The molecular weight excluding hydrogens is 433 g/mol. The number of rotatable bonds is 6. The zero-order valence-corrected chi connectivity index (χ0v) is 17.9. The molecule has 1 heterocycles. The number of nitrogens with zero attached hydrogens (tertiary/aromatic N) is 1. The van der Waals surface area contributed by atoms with Gasteiger partial charge in [0.1, 0.15) is 16.5 Å². The summed E-state index contributed by atoms with van der Waals surface area (Å²) in [5, 5.41) is 10.7. The van der Waals surface area contributed by atoms with Crippen molar-refractivity contribution in [1.82, 2.24) is 4.90 Å². The van der Waals surface area contributed by atoms with Gasteiger partial charge >= 0.3 is 0 Å². The fourth-order valence-electron chi connectivity index (χ4n) is 3.79. The van der Waals surface area contributed by atoms with Crippen molar-refractivity contribution in [2.45, 2.75) is 17.5 Å². The van der Waals surface area contributed by atoms with Gasteiger partial charge in [-0.3, -0.25) is 4.79 Å². The molecule has 0 saturated carbocycles. The van der Waals surface area contributed by atoms with E-state index in [-0.39, 0.29) is 11.4 Å². The highest BCUT2D eigenvalue weighted by Gasteiger charge is 2.47. The maximum atomic E-state index is 13.6. The zero-order chi connectivity index (χ0) is 22.9. The molecular formula is C24H20FNO5S. The number of ether oxygens (including phenoxy) is 1. The number of hydrogen-bond acceptors (Lipinski definition) is 5. The van der Waals surface area contributed by atoms with Crippen molar-refractivity contribution in [2.75, 3.05) is 7.11 Å². The van der Waals surface area contributed by atoms with Crippen LogP contribution in [0.5, 0.6) is 5.75 Å². The summed E-state index contributed by atoms with van der Waals surface area (Å²) in [5.74, 6) is -1.68. The van der Waals surface area contributed by atoms with Gasteiger partial charge < -0.3 is 14.7 Å². The van der Waals surface area contributed by atoms with Gasteiger partial charge in [0.15, 0.2) is 5.76 Å². The van der Waals surface area contributed by atoms with Gasteiger partial charge in [-0.1, -0.05) is 48.5 Å². The number of halogens is 1. The van der Waals surface area contributed by atoms with Crippen LogP contribution in [0.25, 0.3) is 0 Å². The number of methoxy groups -OCH3 is 1. The largest absolute Gasteiger partial charge is 0.502 e. The highest BCUT2D eigenvalue weighted by Crippen LogP contribution is 2.43. The molecule has 0 bridgehead atoms. The Balaban J connectivity index is 1.87. The molecule has 6 nitrogen and oxygen atoms in total. The summed E-state index contributed by atoms with van der Waals surface area (Å²) in [5.41, 5.74) is 0.981. The van der Waals surface area contributed by atoms with Crippen molar-refractivity contribution in [3.63, 3.8) is 0 Å². The Hall–Kier alpha value is -3.65. The lowest BCUT2D eigenvalue weighted by molar-refractivity contribution is -0.130. The van der Waals surface area contributed by atoms with Crippen LogP contribution in [0.3, 0.4) is 0 Å². The van der Waals surface area contributed by atoms with Gasteiger partial charge in [-0.15, -0.1) is 0 Å². The Labute approximate surface area is 185 Å². The number of sulfone groups is 1. The molecule has 0 aromatic heterocycles. The Morgan fingerprint density at radius 2 is 1.59 bits per heavy atom. The minimum atomic E-state index is -4.23. The van der Waals surface area contributed by atoms with Crippen LogP contribution in [-0.2, 0) is 21.2 Å². The number of hydrogen-bond donors (Lipinski definition) is 1. The standard InChI is InChI=1S/C24H20FNO5S/c1-31-20-10-6-5-7-17(20)15-26-21(16-11-13-18(25)14-12-16)23(22(27)24(26)28)32(29,30)19-8-3-2-4-9-19/h2-14,21,27H,15H2,1H3/t21-/m1/s1. The zero-order valence-electron chi connectivity index (χ0n) is 17.1. The topological polar surface area (TPSA) is 83.9 Å². The van der Waals surface area contributed by atoms with Crippen molar-refractivity contribution >= 4 is 15.7 Å². The monoisotopic (exact) mass is 453 g/mol. The predicted octanol–water partition coefficient (Wildman–Crippen LogP) is 4.16. The van der Waals surface area contributed by atoms with Gasteiger partial charge in [0.2, 0.25) is 9.84 Å². The fourth-order valence-corrected chi connectivity index (χ4v) is 5.46. The van der Waals surface area contributed by atoms with Gasteiger partial charge in [0, 0.05) is 5.56 Å². The number of carbonyl (C=O) groups excluding carboxylic acids is 1. The Morgan fingerprint density at radius 3 is 2.25 bits per heavy atom. The number of para-hydroxylation sites is 1. The summed E-state index contributed by atoms with van der Waals surface area (Å²) in [6.45, 7) is -0.0250. The average Bonchev–Trinajstić information content (AvgIpc) is 3.06. The van der Waals surface area contributed by atoms with E-state index in [1.807, 2.05) is 0 Å². The molecule has 3 aromatic rings. The van der Waals surface area contributed by atoms with Gasteiger partial charge in [-0.25, -0.2) is 12.8 Å². The van der Waals surface area contributed by atoms with Gasteiger partial charge in [0.05, 0.1) is 24.6 Å². The molecule has 8 heteroatoms. The first kappa shape index (κ1) is 21.6. The second-order valence-electron chi connectivity index (χ2n) is 7.23. The quantitative estimate of drug-likeness (QED) is 0.606.